The van der Waals surface area contributed by atoms with Gasteiger partial charge in [-0.1, -0.05) is 43.3 Å². The highest BCUT2D eigenvalue weighted by atomic mass is 19.1. The standard InChI is InChI=1S/C24H27FN2O/c1-5-22-17(3)23(24(28)26-14-19-10-12-21(25)13-11-19)27(18(22)4)15-20-9-7-6-8-16(20)2/h6-13H,5,14-15H2,1-4H3,(H,26,28). The van der Waals surface area contributed by atoms with Crippen molar-refractivity contribution in [3.8, 4) is 0 Å². The van der Waals surface area contributed by atoms with E-state index in [0.717, 1.165) is 23.2 Å². The van der Waals surface area contributed by atoms with Crippen LogP contribution in [0.25, 0.3) is 0 Å². The number of nitrogens with one attached hydrogen (secondary N) is 1. The zero-order valence-corrected chi connectivity index (χ0v) is 17.0. The Morgan fingerprint density at radius 1 is 1.04 bits per heavy atom. The zero-order chi connectivity index (χ0) is 20.3. The van der Waals surface area contributed by atoms with Crippen molar-refractivity contribution in [2.24, 2.45) is 0 Å². The molecule has 3 aromatic rings. The van der Waals surface area contributed by atoms with Gasteiger partial charge < -0.3 is 9.88 Å². The number of rotatable bonds is 6. The molecular weight excluding hydrogens is 351 g/mol. The molecule has 0 unspecified atom stereocenters. The van der Waals surface area contributed by atoms with Crippen LogP contribution in [0, 0.1) is 26.6 Å². The number of nitrogens with zero attached hydrogens (tertiary/aromatic N) is 1. The van der Waals surface area contributed by atoms with Gasteiger partial charge in [-0.15, -0.1) is 0 Å². The molecule has 0 aliphatic heterocycles. The molecule has 0 atom stereocenters. The summed E-state index contributed by atoms with van der Waals surface area (Å²) >= 11 is 0. The van der Waals surface area contributed by atoms with Gasteiger partial charge in [-0.25, -0.2) is 4.39 Å². The topological polar surface area (TPSA) is 34.0 Å². The molecule has 0 fully saturated rings. The second kappa shape index (κ2) is 8.42. The fraction of sp³-hybridized carbons (Fsp3) is 0.292. The molecule has 2 aromatic carbocycles. The van der Waals surface area contributed by atoms with E-state index in [1.807, 2.05) is 19.1 Å². The summed E-state index contributed by atoms with van der Waals surface area (Å²) in [6, 6.07) is 14.5. The molecule has 0 aliphatic rings. The molecule has 146 valence electrons. The number of benzene rings is 2. The van der Waals surface area contributed by atoms with E-state index >= 15 is 0 Å². The molecule has 3 nitrogen and oxygen atoms in total. The Bertz CT molecular complexity index is 987. The first-order valence-corrected chi connectivity index (χ1v) is 9.68. The van der Waals surface area contributed by atoms with E-state index in [4.69, 9.17) is 0 Å². The molecule has 1 N–H and O–H groups in total. The summed E-state index contributed by atoms with van der Waals surface area (Å²) < 4.78 is 15.2. The van der Waals surface area contributed by atoms with Gasteiger partial charge in [0.25, 0.3) is 5.91 Å². The number of aryl methyl sites for hydroxylation is 1. The fourth-order valence-corrected chi connectivity index (χ4v) is 3.78. The van der Waals surface area contributed by atoms with E-state index in [-0.39, 0.29) is 11.7 Å². The Morgan fingerprint density at radius 3 is 2.36 bits per heavy atom. The van der Waals surface area contributed by atoms with Crippen molar-refractivity contribution in [2.45, 2.75) is 47.2 Å². The average molecular weight is 378 g/mol. The van der Waals surface area contributed by atoms with Gasteiger partial charge in [0, 0.05) is 18.8 Å². The third kappa shape index (κ3) is 4.01. The van der Waals surface area contributed by atoms with E-state index in [1.54, 1.807) is 12.1 Å². The van der Waals surface area contributed by atoms with Crippen LogP contribution in [-0.4, -0.2) is 10.5 Å². The van der Waals surface area contributed by atoms with Crippen molar-refractivity contribution >= 4 is 5.91 Å². The number of hydrogen-bond acceptors (Lipinski definition) is 1. The van der Waals surface area contributed by atoms with Gasteiger partial charge in [-0.05, 0) is 67.1 Å². The number of hydrogen-bond donors (Lipinski definition) is 1. The summed E-state index contributed by atoms with van der Waals surface area (Å²) in [5.74, 6) is -0.376. The minimum Gasteiger partial charge on any atom is -0.347 e. The second-order valence-electron chi connectivity index (χ2n) is 7.21. The van der Waals surface area contributed by atoms with Crippen LogP contribution in [0.15, 0.2) is 48.5 Å². The fourth-order valence-electron chi connectivity index (χ4n) is 3.78. The predicted octanol–water partition coefficient (Wildman–Crippen LogP) is 5.09. The van der Waals surface area contributed by atoms with Crippen LogP contribution >= 0.6 is 0 Å². The third-order valence-corrected chi connectivity index (χ3v) is 5.44. The monoisotopic (exact) mass is 378 g/mol. The van der Waals surface area contributed by atoms with Crippen LogP contribution in [-0.2, 0) is 19.5 Å². The summed E-state index contributed by atoms with van der Waals surface area (Å²) in [5, 5.41) is 3.00. The molecule has 0 spiro atoms. The maximum atomic E-state index is 13.1. The Kier molecular flexibility index (Phi) is 5.98. The van der Waals surface area contributed by atoms with Crippen molar-refractivity contribution in [2.75, 3.05) is 0 Å². The molecule has 1 aromatic heterocycles. The van der Waals surface area contributed by atoms with Crippen LogP contribution in [0.1, 0.15) is 50.9 Å². The van der Waals surface area contributed by atoms with Gasteiger partial charge in [0.2, 0.25) is 0 Å². The third-order valence-electron chi connectivity index (χ3n) is 5.44. The second-order valence-corrected chi connectivity index (χ2v) is 7.21. The maximum Gasteiger partial charge on any atom is 0.268 e. The van der Waals surface area contributed by atoms with Crippen LogP contribution in [0.4, 0.5) is 4.39 Å². The highest BCUT2D eigenvalue weighted by Gasteiger charge is 2.22. The van der Waals surface area contributed by atoms with Crippen LogP contribution < -0.4 is 5.32 Å². The summed E-state index contributed by atoms with van der Waals surface area (Å²) in [4.78, 5) is 13.1. The molecule has 0 radical (unpaired) electrons. The van der Waals surface area contributed by atoms with Gasteiger partial charge >= 0.3 is 0 Å². The van der Waals surface area contributed by atoms with E-state index in [2.05, 4.69) is 42.8 Å². The van der Waals surface area contributed by atoms with E-state index in [1.165, 1.54) is 28.8 Å². The first-order valence-electron chi connectivity index (χ1n) is 9.68. The number of halogens is 1. The smallest absolute Gasteiger partial charge is 0.268 e. The average Bonchev–Trinajstić information content (AvgIpc) is 2.92. The Morgan fingerprint density at radius 2 is 1.71 bits per heavy atom. The lowest BCUT2D eigenvalue weighted by Gasteiger charge is -2.14. The predicted molar refractivity (Wildman–Crippen MR) is 111 cm³/mol. The van der Waals surface area contributed by atoms with Crippen molar-refractivity contribution in [1.82, 2.24) is 9.88 Å². The van der Waals surface area contributed by atoms with Crippen molar-refractivity contribution < 1.29 is 9.18 Å². The normalized spacial score (nSPS) is 10.9. The lowest BCUT2D eigenvalue weighted by Crippen LogP contribution is -2.26. The molecule has 3 rings (SSSR count). The Labute approximate surface area is 166 Å². The molecule has 0 bridgehead atoms. The molecule has 0 saturated heterocycles. The van der Waals surface area contributed by atoms with Gasteiger partial charge in [0.1, 0.15) is 11.5 Å². The quantitative estimate of drug-likeness (QED) is 0.637. The molecular formula is C24H27FN2O. The molecule has 4 heteroatoms. The zero-order valence-electron chi connectivity index (χ0n) is 17.0. The number of aromatic nitrogens is 1. The van der Waals surface area contributed by atoms with E-state index in [9.17, 15) is 9.18 Å². The highest BCUT2D eigenvalue weighted by molar-refractivity contribution is 5.95. The molecule has 1 heterocycles. The summed E-state index contributed by atoms with van der Waals surface area (Å²) in [7, 11) is 0. The lowest BCUT2D eigenvalue weighted by atomic mass is 10.1. The number of amides is 1. The number of carbonyl (C=O) groups excluding carboxylic acids is 1. The first kappa shape index (κ1) is 19.9. The van der Waals surface area contributed by atoms with E-state index < -0.39 is 0 Å². The Hall–Kier alpha value is -2.88. The Balaban J connectivity index is 1.91. The molecule has 1 amide bonds. The first-order chi connectivity index (χ1) is 13.4. The SMILES string of the molecule is CCc1c(C)c(C(=O)NCc2ccc(F)cc2)n(Cc2ccccc2C)c1C. The highest BCUT2D eigenvalue weighted by Crippen LogP contribution is 2.25. The van der Waals surface area contributed by atoms with Crippen molar-refractivity contribution in [1.29, 1.82) is 0 Å². The van der Waals surface area contributed by atoms with Crippen LogP contribution in [0.2, 0.25) is 0 Å². The molecule has 0 saturated carbocycles. The minimum absolute atomic E-state index is 0.0989. The molecule has 0 aliphatic carbocycles. The minimum atomic E-state index is -0.277. The number of carbonyl (C=O) groups is 1. The summed E-state index contributed by atoms with van der Waals surface area (Å²) in [5.41, 5.74) is 7.39. The van der Waals surface area contributed by atoms with Crippen molar-refractivity contribution in [3.05, 3.63) is 93.6 Å². The summed E-state index contributed by atoms with van der Waals surface area (Å²) in [6.45, 7) is 9.35. The molecule has 28 heavy (non-hydrogen) atoms. The van der Waals surface area contributed by atoms with Gasteiger partial charge in [-0.2, -0.15) is 0 Å². The van der Waals surface area contributed by atoms with E-state index in [0.29, 0.717) is 18.8 Å². The van der Waals surface area contributed by atoms with Crippen LogP contribution in [0.3, 0.4) is 0 Å². The van der Waals surface area contributed by atoms with Gasteiger partial charge in [0.15, 0.2) is 0 Å². The van der Waals surface area contributed by atoms with Gasteiger partial charge in [0.05, 0.1) is 0 Å². The van der Waals surface area contributed by atoms with Crippen molar-refractivity contribution in [3.63, 3.8) is 0 Å². The summed E-state index contributed by atoms with van der Waals surface area (Å²) in [6.07, 6.45) is 0.886. The van der Waals surface area contributed by atoms with Gasteiger partial charge in [-0.3, -0.25) is 4.79 Å². The lowest BCUT2D eigenvalue weighted by molar-refractivity contribution is 0.0941. The largest absolute Gasteiger partial charge is 0.347 e. The maximum absolute atomic E-state index is 13.1. The van der Waals surface area contributed by atoms with Crippen LogP contribution in [0.5, 0.6) is 0 Å².